The number of esters is 2. The Bertz CT molecular complexity index is 995. The van der Waals surface area contributed by atoms with Crippen LogP contribution >= 0.6 is 0 Å². The summed E-state index contributed by atoms with van der Waals surface area (Å²) in [6, 6.07) is 7.49. The van der Waals surface area contributed by atoms with E-state index in [0.29, 0.717) is 5.69 Å². The number of hydrogen-bond donors (Lipinski definition) is 1. The van der Waals surface area contributed by atoms with Gasteiger partial charge in [-0.15, -0.1) is 0 Å². The zero-order chi connectivity index (χ0) is 20.3. The maximum absolute atomic E-state index is 12.5. The molecule has 3 rings (SSSR count). The second-order valence-corrected chi connectivity index (χ2v) is 6.16. The van der Waals surface area contributed by atoms with Crippen LogP contribution in [0.3, 0.4) is 0 Å². The van der Waals surface area contributed by atoms with Crippen LogP contribution in [-0.4, -0.2) is 36.1 Å². The molecule has 7 heteroatoms. The molecule has 0 aliphatic carbocycles. The van der Waals surface area contributed by atoms with Gasteiger partial charge in [-0.05, 0) is 38.1 Å². The fraction of sp³-hybridized carbons (Fsp3) is 0.190. The molecule has 28 heavy (non-hydrogen) atoms. The summed E-state index contributed by atoms with van der Waals surface area (Å²) < 4.78 is 9.76. The molecule has 0 saturated carbocycles. The van der Waals surface area contributed by atoms with Gasteiger partial charge >= 0.3 is 11.9 Å². The number of rotatable bonds is 4. The maximum Gasteiger partial charge on any atom is 0.355 e. The molecule has 2 heterocycles. The predicted octanol–water partition coefficient (Wildman–Crippen LogP) is 3.18. The van der Waals surface area contributed by atoms with Crippen LogP contribution in [0.5, 0.6) is 0 Å². The molecular formula is C21H21N3O4. The van der Waals surface area contributed by atoms with E-state index in [9.17, 15) is 9.59 Å². The highest BCUT2D eigenvalue weighted by Crippen LogP contribution is 2.29. The second-order valence-electron chi connectivity index (χ2n) is 6.16. The van der Waals surface area contributed by atoms with E-state index in [4.69, 9.17) is 9.47 Å². The third kappa shape index (κ3) is 3.59. The number of carbonyl (C=O) groups is 2. The monoisotopic (exact) mass is 379 g/mol. The molecule has 1 aromatic heterocycles. The van der Waals surface area contributed by atoms with Crippen molar-refractivity contribution in [3.63, 3.8) is 0 Å². The fourth-order valence-corrected chi connectivity index (χ4v) is 2.85. The largest absolute Gasteiger partial charge is 0.465 e. The second kappa shape index (κ2) is 7.96. The zero-order valence-corrected chi connectivity index (χ0v) is 16.1. The Kier molecular flexibility index (Phi) is 5.44. The lowest BCUT2D eigenvalue weighted by Crippen LogP contribution is -2.26. The summed E-state index contributed by atoms with van der Waals surface area (Å²) >= 11 is 0. The lowest BCUT2D eigenvalue weighted by molar-refractivity contribution is -0.139. The molecule has 1 aliphatic rings. The highest BCUT2D eigenvalue weighted by molar-refractivity contribution is 6.05. The summed E-state index contributed by atoms with van der Waals surface area (Å²) in [5.41, 5.74) is 3.61. The van der Waals surface area contributed by atoms with Crippen molar-refractivity contribution in [3.8, 4) is 11.4 Å². The van der Waals surface area contributed by atoms with E-state index in [1.165, 1.54) is 20.3 Å². The van der Waals surface area contributed by atoms with Crippen molar-refractivity contribution in [2.75, 3.05) is 19.1 Å². The molecule has 0 saturated heterocycles. The minimum atomic E-state index is -0.647. The molecule has 0 spiro atoms. The van der Waals surface area contributed by atoms with Crippen LogP contribution in [0.15, 0.2) is 60.0 Å². The standard InChI is InChI=1S/C21H21N3O4/c1-13-14(2)23-19(22-13)15-8-7-9-16(12-15)24-11-6-5-10-17(20(25)27-3)18(24)21(26)28-4/h5-12H,1-4H3,(H,22,23). The van der Waals surface area contributed by atoms with Crippen molar-refractivity contribution in [1.82, 2.24) is 9.97 Å². The molecule has 1 aliphatic heterocycles. The number of benzene rings is 1. The van der Waals surface area contributed by atoms with E-state index < -0.39 is 11.9 Å². The van der Waals surface area contributed by atoms with E-state index in [-0.39, 0.29) is 11.3 Å². The maximum atomic E-state index is 12.5. The molecule has 2 aromatic rings. The number of aryl methyl sites for hydroxylation is 2. The minimum absolute atomic E-state index is 0.0725. The first-order chi connectivity index (χ1) is 13.5. The molecule has 0 bridgehead atoms. The lowest BCUT2D eigenvalue weighted by Gasteiger charge is -2.23. The fourth-order valence-electron chi connectivity index (χ4n) is 2.85. The normalized spacial score (nSPS) is 13.5. The Morgan fingerprint density at radius 3 is 2.46 bits per heavy atom. The van der Waals surface area contributed by atoms with Crippen LogP contribution in [-0.2, 0) is 19.1 Å². The summed E-state index contributed by atoms with van der Waals surface area (Å²) in [5.74, 6) is -0.545. The van der Waals surface area contributed by atoms with Crippen LogP contribution in [0.4, 0.5) is 5.69 Å². The van der Waals surface area contributed by atoms with Crippen LogP contribution < -0.4 is 4.90 Å². The highest BCUT2D eigenvalue weighted by atomic mass is 16.5. The number of nitrogens with one attached hydrogen (secondary N) is 1. The first-order valence-corrected chi connectivity index (χ1v) is 8.65. The van der Waals surface area contributed by atoms with E-state index in [0.717, 1.165) is 22.8 Å². The third-order valence-corrected chi connectivity index (χ3v) is 4.42. The summed E-state index contributed by atoms with van der Waals surface area (Å²) in [6.45, 7) is 3.89. The van der Waals surface area contributed by atoms with Gasteiger partial charge in [-0.1, -0.05) is 18.2 Å². The summed E-state index contributed by atoms with van der Waals surface area (Å²) in [4.78, 5) is 34.1. The first kappa shape index (κ1) is 19.2. The Morgan fingerprint density at radius 2 is 1.82 bits per heavy atom. The predicted molar refractivity (Wildman–Crippen MR) is 105 cm³/mol. The number of nitrogens with zero attached hydrogens (tertiary/aromatic N) is 2. The first-order valence-electron chi connectivity index (χ1n) is 8.65. The Hall–Kier alpha value is -3.61. The topological polar surface area (TPSA) is 84.5 Å². The van der Waals surface area contributed by atoms with Crippen molar-refractivity contribution in [2.45, 2.75) is 13.8 Å². The third-order valence-electron chi connectivity index (χ3n) is 4.42. The number of allylic oxidation sites excluding steroid dienone is 2. The van der Waals surface area contributed by atoms with Crippen LogP contribution in [0.1, 0.15) is 11.4 Å². The van der Waals surface area contributed by atoms with Crippen LogP contribution in [0.2, 0.25) is 0 Å². The van der Waals surface area contributed by atoms with Crippen molar-refractivity contribution < 1.29 is 19.1 Å². The number of H-pyrrole nitrogens is 1. The number of carbonyl (C=O) groups excluding carboxylic acids is 2. The Balaban J connectivity index is 2.13. The van der Waals surface area contributed by atoms with Crippen molar-refractivity contribution in [1.29, 1.82) is 0 Å². The molecule has 0 unspecified atom stereocenters. The van der Waals surface area contributed by atoms with Gasteiger partial charge in [-0.3, -0.25) is 0 Å². The molecule has 0 atom stereocenters. The molecule has 1 aromatic carbocycles. The van der Waals surface area contributed by atoms with Crippen LogP contribution in [0.25, 0.3) is 11.4 Å². The van der Waals surface area contributed by atoms with Crippen molar-refractivity contribution in [3.05, 3.63) is 71.4 Å². The average molecular weight is 379 g/mol. The number of methoxy groups -OCH3 is 2. The molecule has 7 nitrogen and oxygen atoms in total. The molecule has 0 fully saturated rings. The molecule has 1 N–H and O–H groups in total. The summed E-state index contributed by atoms with van der Waals surface area (Å²) in [5, 5.41) is 0. The number of aromatic amines is 1. The van der Waals surface area contributed by atoms with E-state index in [1.807, 2.05) is 38.1 Å². The number of imidazole rings is 1. The van der Waals surface area contributed by atoms with E-state index in [1.54, 1.807) is 23.3 Å². The molecular weight excluding hydrogens is 358 g/mol. The molecule has 144 valence electrons. The summed E-state index contributed by atoms with van der Waals surface area (Å²) in [6.07, 6.45) is 6.61. The van der Waals surface area contributed by atoms with E-state index >= 15 is 0 Å². The number of ether oxygens (including phenoxy) is 2. The average Bonchev–Trinajstić information content (AvgIpc) is 2.92. The van der Waals surface area contributed by atoms with Gasteiger partial charge in [0, 0.05) is 23.1 Å². The SMILES string of the molecule is COC(=O)C1=C(C(=O)OC)N(c2cccc(-c3nc(C)c(C)[nH]3)c2)C=CC=C1. The zero-order valence-electron chi connectivity index (χ0n) is 16.1. The van der Waals surface area contributed by atoms with Gasteiger partial charge in [0.2, 0.25) is 0 Å². The smallest absolute Gasteiger partial charge is 0.355 e. The lowest BCUT2D eigenvalue weighted by atomic mass is 10.1. The van der Waals surface area contributed by atoms with Crippen molar-refractivity contribution >= 4 is 17.6 Å². The van der Waals surface area contributed by atoms with Gasteiger partial charge in [0.15, 0.2) is 0 Å². The van der Waals surface area contributed by atoms with Gasteiger partial charge in [0.1, 0.15) is 11.5 Å². The van der Waals surface area contributed by atoms with Gasteiger partial charge in [0.05, 0.1) is 25.5 Å². The van der Waals surface area contributed by atoms with Gasteiger partial charge in [0.25, 0.3) is 0 Å². The molecule has 0 amide bonds. The quantitative estimate of drug-likeness (QED) is 0.822. The summed E-state index contributed by atoms with van der Waals surface area (Å²) in [7, 11) is 2.54. The van der Waals surface area contributed by atoms with Crippen molar-refractivity contribution in [2.24, 2.45) is 0 Å². The molecule has 0 radical (unpaired) electrons. The minimum Gasteiger partial charge on any atom is -0.465 e. The Morgan fingerprint density at radius 1 is 1.07 bits per heavy atom. The van der Waals surface area contributed by atoms with E-state index in [2.05, 4.69) is 9.97 Å². The Labute approximate surface area is 163 Å². The highest BCUT2D eigenvalue weighted by Gasteiger charge is 2.27. The number of anilines is 1. The number of hydrogen-bond acceptors (Lipinski definition) is 6. The number of aromatic nitrogens is 2. The van der Waals surface area contributed by atoms with Crippen LogP contribution in [0, 0.1) is 13.8 Å². The van der Waals surface area contributed by atoms with Gasteiger partial charge < -0.3 is 19.4 Å². The van der Waals surface area contributed by atoms with Gasteiger partial charge in [-0.25, -0.2) is 14.6 Å². The van der Waals surface area contributed by atoms with Gasteiger partial charge in [-0.2, -0.15) is 0 Å².